The van der Waals surface area contributed by atoms with E-state index in [1.54, 1.807) is 0 Å². The summed E-state index contributed by atoms with van der Waals surface area (Å²) in [5.74, 6) is 0. The fraction of sp³-hybridized carbons (Fsp3) is 0.385. The zero-order valence-electron chi connectivity index (χ0n) is 9.87. The number of thioether (sulfide) groups is 1. The summed E-state index contributed by atoms with van der Waals surface area (Å²) in [4.78, 5) is 5.32. The van der Waals surface area contributed by atoms with Gasteiger partial charge in [0, 0.05) is 4.83 Å². The molecule has 0 saturated heterocycles. The average molecular weight is 325 g/mol. The molecule has 94 valence electrons. The second-order valence-corrected chi connectivity index (χ2v) is 6.90. The van der Waals surface area contributed by atoms with E-state index < -0.39 is 0 Å². The second kappa shape index (κ2) is 5.55. The smallest absolute Gasteiger partial charge is 0.222 e. The molecule has 1 fully saturated rings. The summed E-state index contributed by atoms with van der Waals surface area (Å²) in [5, 5.41) is 6.04. The molecule has 0 radical (unpaired) electrons. The van der Waals surface area contributed by atoms with Crippen molar-refractivity contribution in [3.63, 3.8) is 0 Å². The summed E-state index contributed by atoms with van der Waals surface area (Å²) in [7, 11) is 0. The molecule has 0 bridgehead atoms. The lowest BCUT2D eigenvalue weighted by molar-refractivity contribution is -0.539. The third-order valence-electron chi connectivity index (χ3n) is 3.23. The molecular formula is C13H15BrN3S+. The van der Waals surface area contributed by atoms with Gasteiger partial charge >= 0.3 is 0 Å². The zero-order chi connectivity index (χ0) is 12.4. The molecule has 1 saturated carbocycles. The maximum atomic E-state index is 4.71. The first-order valence-corrected chi connectivity index (χ1v) is 7.92. The third-order valence-corrected chi connectivity index (χ3v) is 5.98. The van der Waals surface area contributed by atoms with Crippen LogP contribution in [0.2, 0.25) is 0 Å². The Kier molecular flexibility index (Phi) is 3.82. The molecule has 3 atom stereocenters. The number of nitrogens with two attached hydrogens (primary N) is 1. The standard InChI is InChI=1S/C13H14BrN3S/c14-10-6-7-11-12(10)18-13(16-11)17-15-8-9-4-2-1-3-5-9/h1-5,8,10-12H,6-7H2,(H,16,17)/p+1. The van der Waals surface area contributed by atoms with Crippen molar-refractivity contribution in [2.45, 2.75) is 29.0 Å². The first kappa shape index (κ1) is 12.4. The topological polar surface area (TPSA) is 41.3 Å². The summed E-state index contributed by atoms with van der Waals surface area (Å²) >= 11 is 5.59. The van der Waals surface area contributed by atoms with Gasteiger partial charge in [0.05, 0.1) is 17.5 Å². The van der Waals surface area contributed by atoms with Crippen LogP contribution in [0.25, 0.3) is 0 Å². The van der Waals surface area contributed by atoms with E-state index in [-0.39, 0.29) is 0 Å². The maximum absolute atomic E-state index is 4.71. The highest BCUT2D eigenvalue weighted by Gasteiger charge is 2.42. The van der Waals surface area contributed by atoms with Crippen molar-refractivity contribution in [3.05, 3.63) is 35.9 Å². The van der Waals surface area contributed by atoms with Crippen LogP contribution < -0.4 is 5.43 Å². The molecule has 0 amide bonds. The maximum Gasteiger partial charge on any atom is 0.283 e. The summed E-state index contributed by atoms with van der Waals surface area (Å²) in [6.07, 6.45) is 4.32. The number of nitrogens with zero attached hydrogens (tertiary/aromatic N) is 2. The molecule has 1 aromatic rings. The van der Waals surface area contributed by atoms with Crippen LogP contribution in [0, 0.1) is 0 Å². The van der Waals surface area contributed by atoms with Crippen LogP contribution in [0.3, 0.4) is 0 Å². The van der Waals surface area contributed by atoms with Crippen molar-refractivity contribution in [1.29, 1.82) is 0 Å². The van der Waals surface area contributed by atoms with E-state index in [1.165, 1.54) is 12.8 Å². The molecule has 1 aliphatic heterocycles. The second-order valence-electron chi connectivity index (χ2n) is 4.53. The molecule has 18 heavy (non-hydrogen) atoms. The van der Waals surface area contributed by atoms with Gasteiger partial charge in [-0.1, -0.05) is 51.4 Å². The van der Waals surface area contributed by atoms with Crippen LogP contribution in [0.1, 0.15) is 18.4 Å². The van der Waals surface area contributed by atoms with Gasteiger partial charge in [-0.25, -0.2) is 4.99 Å². The summed E-state index contributed by atoms with van der Waals surface area (Å²) in [6, 6.07) is 10.6. The number of hydrogen-bond donors (Lipinski definition) is 1. The van der Waals surface area contributed by atoms with Gasteiger partial charge in [0.2, 0.25) is 0 Å². The number of hydrogen-bond acceptors (Lipinski definition) is 3. The van der Waals surface area contributed by atoms with Crippen molar-refractivity contribution >= 4 is 39.1 Å². The number of fused-ring (bicyclic) bond motifs is 1. The van der Waals surface area contributed by atoms with Crippen LogP contribution in [0.15, 0.2) is 40.4 Å². The van der Waals surface area contributed by atoms with Crippen molar-refractivity contribution in [1.82, 2.24) is 0 Å². The molecule has 3 unspecified atom stereocenters. The first-order chi connectivity index (χ1) is 8.83. The lowest BCUT2D eigenvalue weighted by Gasteiger charge is -2.07. The summed E-state index contributed by atoms with van der Waals surface area (Å²) < 4.78 is 0. The van der Waals surface area contributed by atoms with Gasteiger partial charge in [-0.05, 0) is 30.2 Å². The normalized spacial score (nSPS) is 30.7. The summed E-state index contributed by atoms with van der Waals surface area (Å²) in [5.41, 5.74) is 3.01. The highest BCUT2D eigenvalue weighted by atomic mass is 79.9. The minimum Gasteiger partial charge on any atom is -0.222 e. The fourth-order valence-electron chi connectivity index (χ4n) is 2.31. The van der Waals surface area contributed by atoms with Crippen molar-refractivity contribution in [3.8, 4) is 0 Å². The third kappa shape index (κ3) is 2.68. The predicted octanol–water partition coefficient (Wildman–Crippen LogP) is 1.98. The molecule has 3 rings (SSSR count). The van der Waals surface area contributed by atoms with Gasteiger partial charge in [0.15, 0.2) is 0 Å². The minimum atomic E-state index is 0.498. The van der Waals surface area contributed by atoms with Crippen molar-refractivity contribution < 1.29 is 5.43 Å². The van der Waals surface area contributed by atoms with E-state index in [4.69, 9.17) is 4.99 Å². The van der Waals surface area contributed by atoms with Gasteiger partial charge in [-0.15, -0.1) is 0 Å². The molecule has 0 spiro atoms. The Morgan fingerprint density at radius 2 is 2.17 bits per heavy atom. The van der Waals surface area contributed by atoms with E-state index in [0.29, 0.717) is 16.1 Å². The van der Waals surface area contributed by atoms with E-state index in [2.05, 4.69) is 21.0 Å². The number of aliphatic imine (C=N–C) groups is 1. The molecule has 3 nitrogen and oxygen atoms in total. The van der Waals surface area contributed by atoms with Crippen LogP contribution in [-0.2, 0) is 0 Å². The lowest BCUT2D eigenvalue weighted by atomic mass is 10.2. The van der Waals surface area contributed by atoms with Crippen LogP contribution >= 0.6 is 27.7 Å². The molecule has 0 aromatic heterocycles. The number of rotatable bonds is 2. The van der Waals surface area contributed by atoms with Gasteiger partial charge in [-0.3, -0.25) is 0 Å². The van der Waals surface area contributed by atoms with Crippen LogP contribution in [0.5, 0.6) is 0 Å². The SMILES string of the molecule is BrC1CCC2N=C([NH2+]N=Cc3ccccc3)SC12. The van der Waals surface area contributed by atoms with Crippen molar-refractivity contribution in [2.24, 2.45) is 10.1 Å². The van der Waals surface area contributed by atoms with Gasteiger partial charge < -0.3 is 0 Å². The average Bonchev–Trinajstić information content (AvgIpc) is 2.94. The van der Waals surface area contributed by atoms with E-state index >= 15 is 0 Å². The Bertz CT molecular complexity index is 474. The van der Waals surface area contributed by atoms with Gasteiger partial charge in [-0.2, -0.15) is 5.43 Å². The fourth-order valence-corrected chi connectivity index (χ4v) is 4.49. The van der Waals surface area contributed by atoms with Crippen LogP contribution in [-0.4, -0.2) is 27.5 Å². The summed E-state index contributed by atoms with van der Waals surface area (Å²) in [6.45, 7) is 0. The van der Waals surface area contributed by atoms with Crippen LogP contribution in [0.4, 0.5) is 0 Å². The van der Waals surface area contributed by atoms with E-state index in [0.717, 1.165) is 10.7 Å². The Morgan fingerprint density at radius 1 is 1.33 bits per heavy atom. The van der Waals surface area contributed by atoms with Crippen molar-refractivity contribution in [2.75, 3.05) is 0 Å². The molecule has 1 aromatic carbocycles. The Balaban J connectivity index is 1.57. The largest absolute Gasteiger partial charge is 0.283 e. The first-order valence-electron chi connectivity index (χ1n) is 6.13. The van der Waals surface area contributed by atoms with Gasteiger partial charge in [0.1, 0.15) is 0 Å². The highest BCUT2D eigenvalue weighted by molar-refractivity contribution is 9.09. The number of halogens is 1. The molecule has 1 aliphatic carbocycles. The number of alkyl halides is 1. The number of benzene rings is 1. The predicted molar refractivity (Wildman–Crippen MR) is 80.5 cm³/mol. The minimum absolute atomic E-state index is 0.498. The Morgan fingerprint density at radius 3 is 2.94 bits per heavy atom. The van der Waals surface area contributed by atoms with Gasteiger partial charge in [0.25, 0.3) is 5.17 Å². The quantitative estimate of drug-likeness (QED) is 0.384. The number of quaternary nitrogens is 1. The molecule has 2 aliphatic rings. The molecular weight excluding hydrogens is 310 g/mol. The Labute approximate surface area is 119 Å². The zero-order valence-corrected chi connectivity index (χ0v) is 12.3. The van der Waals surface area contributed by atoms with E-state index in [9.17, 15) is 0 Å². The molecule has 1 heterocycles. The highest BCUT2D eigenvalue weighted by Crippen LogP contribution is 2.40. The lowest BCUT2D eigenvalue weighted by Crippen LogP contribution is -2.81. The van der Waals surface area contributed by atoms with E-state index in [1.807, 2.05) is 53.7 Å². The monoisotopic (exact) mass is 324 g/mol. The number of amidine groups is 1. The Hall–Kier alpha value is -0.650. The molecule has 2 N–H and O–H groups in total. The molecule has 5 heteroatoms.